The van der Waals surface area contributed by atoms with E-state index in [1.165, 1.54) is 0 Å². The Morgan fingerprint density at radius 3 is 2.75 bits per heavy atom. The van der Waals surface area contributed by atoms with Crippen LogP contribution in [0.25, 0.3) is 10.9 Å². The van der Waals surface area contributed by atoms with Gasteiger partial charge in [-0.05, 0) is 76.3 Å². The van der Waals surface area contributed by atoms with Gasteiger partial charge in [-0.15, -0.1) is 0 Å². The fourth-order valence-corrected chi connectivity index (χ4v) is 3.76. The minimum Gasteiger partial charge on any atom is -0.497 e. The zero-order valence-corrected chi connectivity index (χ0v) is 17.5. The molecule has 0 bridgehead atoms. The lowest BCUT2D eigenvalue weighted by Gasteiger charge is -2.25. The first kappa shape index (κ1) is 20.2. The summed E-state index contributed by atoms with van der Waals surface area (Å²) in [5, 5.41) is 7.60. The van der Waals surface area contributed by atoms with E-state index in [4.69, 9.17) is 14.5 Å². The molecule has 0 spiro atoms. The first-order chi connectivity index (χ1) is 13.2. The number of aryl methyl sites for hydroxylation is 1. The van der Waals surface area contributed by atoms with Gasteiger partial charge >= 0.3 is 6.09 Å². The molecule has 1 fully saturated rings. The van der Waals surface area contributed by atoms with Gasteiger partial charge in [0.15, 0.2) is 0 Å². The quantitative estimate of drug-likeness (QED) is 0.783. The summed E-state index contributed by atoms with van der Waals surface area (Å²) in [6, 6.07) is 8.12. The summed E-state index contributed by atoms with van der Waals surface area (Å²) in [5.41, 5.74) is 1.62. The zero-order chi connectivity index (χ0) is 20.3. The van der Waals surface area contributed by atoms with Crippen LogP contribution in [0.4, 0.5) is 10.6 Å². The Kier molecular flexibility index (Phi) is 5.96. The van der Waals surface area contributed by atoms with Gasteiger partial charge in [-0.1, -0.05) is 6.42 Å². The van der Waals surface area contributed by atoms with Crippen LogP contribution in [0.3, 0.4) is 0 Å². The first-order valence-electron chi connectivity index (χ1n) is 9.94. The Hall–Kier alpha value is -2.50. The summed E-state index contributed by atoms with van der Waals surface area (Å²) >= 11 is 0. The molecule has 1 aromatic carbocycles. The number of alkyl carbamates (subject to hydrolysis) is 1. The van der Waals surface area contributed by atoms with E-state index in [0.717, 1.165) is 53.8 Å². The largest absolute Gasteiger partial charge is 0.497 e. The van der Waals surface area contributed by atoms with Crippen molar-refractivity contribution in [3.8, 4) is 5.75 Å². The van der Waals surface area contributed by atoms with Crippen LogP contribution in [0, 0.1) is 12.8 Å². The monoisotopic (exact) mass is 385 g/mol. The number of hydrogen-bond donors (Lipinski definition) is 2. The molecule has 1 saturated carbocycles. The minimum absolute atomic E-state index is 0.133. The molecule has 6 nitrogen and oxygen atoms in total. The number of amides is 1. The number of benzene rings is 1. The third-order valence-electron chi connectivity index (χ3n) is 5.13. The van der Waals surface area contributed by atoms with Crippen molar-refractivity contribution in [1.82, 2.24) is 10.3 Å². The molecule has 0 aliphatic heterocycles. The number of nitrogens with one attached hydrogen (secondary N) is 2. The number of methoxy groups -OCH3 is 1. The molecule has 6 heteroatoms. The predicted molar refractivity (Wildman–Crippen MR) is 112 cm³/mol. The van der Waals surface area contributed by atoms with Crippen molar-refractivity contribution < 1.29 is 14.3 Å². The lowest BCUT2D eigenvalue weighted by Crippen LogP contribution is -2.42. The third kappa shape index (κ3) is 5.06. The van der Waals surface area contributed by atoms with Crippen molar-refractivity contribution in [1.29, 1.82) is 0 Å². The highest BCUT2D eigenvalue weighted by atomic mass is 16.6. The molecule has 0 saturated heterocycles. The number of fused-ring (bicyclic) bond motifs is 1. The molecule has 0 unspecified atom stereocenters. The van der Waals surface area contributed by atoms with Crippen molar-refractivity contribution in [3.05, 3.63) is 29.8 Å². The Labute approximate surface area is 167 Å². The molecule has 28 heavy (non-hydrogen) atoms. The molecule has 1 aliphatic rings. The number of carbonyl (C=O) groups excluding carboxylic acids is 1. The number of ether oxygens (including phenoxy) is 2. The summed E-state index contributed by atoms with van der Waals surface area (Å²) in [6.45, 7) is 8.49. The zero-order valence-electron chi connectivity index (χ0n) is 17.5. The van der Waals surface area contributed by atoms with Crippen molar-refractivity contribution in [2.45, 2.75) is 58.6 Å². The average Bonchev–Trinajstić information content (AvgIpc) is 3.05. The fourth-order valence-electron chi connectivity index (χ4n) is 3.76. The number of nitrogens with zero attached hydrogens (tertiary/aromatic N) is 1. The van der Waals surface area contributed by atoms with E-state index in [9.17, 15) is 4.79 Å². The maximum atomic E-state index is 12.1. The summed E-state index contributed by atoms with van der Waals surface area (Å²) in [4.78, 5) is 16.8. The highest BCUT2D eigenvalue weighted by molar-refractivity contribution is 5.85. The molecule has 1 heterocycles. The van der Waals surface area contributed by atoms with Crippen molar-refractivity contribution in [2.75, 3.05) is 19.0 Å². The standard InChI is InChI=1S/C22H31N3O3/c1-14-11-20(24-19-10-9-16(27-5)12-17(14)19)23-13-15-7-6-8-18(15)25-21(26)28-22(2,3)4/h9-12,15,18H,6-8,13H2,1-5H3,(H,23,24)(H,25,26)/t15-,18+/m1/s1. The SMILES string of the molecule is COc1ccc2nc(NC[C@H]3CCC[C@@H]3NC(=O)OC(C)(C)C)cc(C)c2c1. The van der Waals surface area contributed by atoms with Crippen LogP contribution >= 0.6 is 0 Å². The van der Waals surface area contributed by atoms with Gasteiger partial charge in [0.05, 0.1) is 12.6 Å². The van der Waals surface area contributed by atoms with Crippen LogP contribution in [-0.2, 0) is 4.74 Å². The second-order valence-electron chi connectivity index (χ2n) is 8.53. The van der Waals surface area contributed by atoms with E-state index in [2.05, 4.69) is 23.6 Å². The van der Waals surface area contributed by atoms with E-state index in [1.54, 1.807) is 7.11 Å². The van der Waals surface area contributed by atoms with Crippen LogP contribution < -0.4 is 15.4 Å². The molecular formula is C22H31N3O3. The molecule has 1 aliphatic carbocycles. The lowest BCUT2D eigenvalue weighted by atomic mass is 10.0. The molecular weight excluding hydrogens is 354 g/mol. The van der Waals surface area contributed by atoms with Crippen LogP contribution in [-0.4, -0.2) is 36.4 Å². The number of rotatable bonds is 5. The maximum Gasteiger partial charge on any atom is 0.407 e. The topological polar surface area (TPSA) is 72.5 Å². The summed E-state index contributed by atoms with van der Waals surface area (Å²) < 4.78 is 10.7. The molecule has 0 radical (unpaired) electrons. The van der Waals surface area contributed by atoms with E-state index in [-0.39, 0.29) is 12.1 Å². The third-order valence-corrected chi connectivity index (χ3v) is 5.13. The molecule has 2 N–H and O–H groups in total. The highest BCUT2D eigenvalue weighted by Crippen LogP contribution is 2.28. The number of pyridine rings is 1. The number of anilines is 1. The molecule has 152 valence electrons. The first-order valence-corrected chi connectivity index (χ1v) is 9.94. The summed E-state index contributed by atoms with van der Waals surface area (Å²) in [7, 11) is 1.67. The van der Waals surface area contributed by atoms with Gasteiger partial charge in [-0.25, -0.2) is 9.78 Å². The normalized spacial score (nSPS) is 19.5. The fraction of sp³-hybridized carbons (Fsp3) is 0.545. The van der Waals surface area contributed by atoms with E-state index < -0.39 is 5.60 Å². The highest BCUT2D eigenvalue weighted by Gasteiger charge is 2.30. The summed E-state index contributed by atoms with van der Waals surface area (Å²) in [6.07, 6.45) is 2.84. The molecule has 1 amide bonds. The van der Waals surface area contributed by atoms with Gasteiger partial charge in [0.2, 0.25) is 0 Å². The van der Waals surface area contributed by atoms with E-state index in [1.807, 2.05) is 39.0 Å². The van der Waals surface area contributed by atoms with Crippen molar-refractivity contribution >= 4 is 22.8 Å². The van der Waals surface area contributed by atoms with Crippen LogP contribution in [0.2, 0.25) is 0 Å². The number of aromatic nitrogens is 1. The van der Waals surface area contributed by atoms with Gasteiger partial charge in [0.25, 0.3) is 0 Å². The Balaban J connectivity index is 1.63. The van der Waals surface area contributed by atoms with E-state index in [0.29, 0.717) is 5.92 Å². The second kappa shape index (κ2) is 8.25. The van der Waals surface area contributed by atoms with Crippen LogP contribution in [0.15, 0.2) is 24.3 Å². The van der Waals surface area contributed by atoms with Gasteiger partial charge in [0, 0.05) is 18.0 Å². The Bertz CT molecular complexity index is 845. The van der Waals surface area contributed by atoms with Gasteiger partial charge in [-0.3, -0.25) is 0 Å². The van der Waals surface area contributed by atoms with Gasteiger partial charge in [-0.2, -0.15) is 0 Å². The number of carbonyl (C=O) groups is 1. The Morgan fingerprint density at radius 2 is 2.04 bits per heavy atom. The van der Waals surface area contributed by atoms with Crippen LogP contribution in [0.5, 0.6) is 5.75 Å². The average molecular weight is 386 g/mol. The predicted octanol–water partition coefficient (Wildman–Crippen LogP) is 4.66. The second-order valence-corrected chi connectivity index (χ2v) is 8.53. The lowest BCUT2D eigenvalue weighted by molar-refractivity contribution is 0.0494. The summed E-state index contributed by atoms with van der Waals surface area (Å²) in [5.74, 6) is 2.05. The molecule has 2 aromatic rings. The van der Waals surface area contributed by atoms with Crippen LogP contribution in [0.1, 0.15) is 45.6 Å². The molecule has 2 atom stereocenters. The Morgan fingerprint density at radius 1 is 1.25 bits per heavy atom. The molecule has 1 aromatic heterocycles. The van der Waals surface area contributed by atoms with Gasteiger partial charge < -0.3 is 20.1 Å². The van der Waals surface area contributed by atoms with Crippen molar-refractivity contribution in [2.24, 2.45) is 5.92 Å². The maximum absolute atomic E-state index is 12.1. The minimum atomic E-state index is -0.480. The smallest absolute Gasteiger partial charge is 0.407 e. The molecule has 3 rings (SSSR count). The van der Waals surface area contributed by atoms with Crippen molar-refractivity contribution in [3.63, 3.8) is 0 Å². The van der Waals surface area contributed by atoms with Gasteiger partial charge in [0.1, 0.15) is 17.2 Å². The van der Waals surface area contributed by atoms with E-state index >= 15 is 0 Å². The number of hydrogen-bond acceptors (Lipinski definition) is 5.